The first kappa shape index (κ1) is 70.7. The van der Waals surface area contributed by atoms with Gasteiger partial charge in [-0.25, -0.2) is 19.2 Å². The molecule has 0 aliphatic rings. The molecular weight excluding hydrogens is 1080 g/mol. The Morgan fingerprint density at radius 3 is 0.917 bits per heavy atom. The summed E-state index contributed by atoms with van der Waals surface area (Å²) in [5.41, 5.74) is 8.76. The lowest BCUT2D eigenvalue weighted by Gasteiger charge is -2.31. The number of nitrogens with two attached hydrogens (primary N) is 1. The van der Waals surface area contributed by atoms with E-state index in [-0.39, 0.29) is 102 Å². The summed E-state index contributed by atoms with van der Waals surface area (Å²) in [6.45, 7) is 20.1. The summed E-state index contributed by atoms with van der Waals surface area (Å²) in [5.74, 6) is -3.76. The topological polar surface area (TPSA) is 297 Å². The van der Waals surface area contributed by atoms with E-state index in [1.165, 1.54) is 20.8 Å². The van der Waals surface area contributed by atoms with Crippen molar-refractivity contribution in [2.24, 2.45) is 10.8 Å². The number of anilines is 4. The number of nitrogens with one attached hydrogen (secondary N) is 3. The molecule has 21 nitrogen and oxygen atoms in total. The minimum absolute atomic E-state index is 0.0249. The quantitative estimate of drug-likeness (QED) is 0.0111. The second-order valence-electron chi connectivity index (χ2n) is 18.9. The van der Waals surface area contributed by atoms with Crippen LogP contribution in [0.1, 0.15) is 115 Å². The highest BCUT2D eigenvalue weighted by atomic mass is 16.6. The molecule has 21 heteroatoms. The fourth-order valence-corrected chi connectivity index (χ4v) is 6.86. The molecule has 0 radical (unpaired) electrons. The van der Waals surface area contributed by atoms with E-state index in [4.69, 9.17) is 38.9 Å². The van der Waals surface area contributed by atoms with Gasteiger partial charge in [0, 0.05) is 77.3 Å². The summed E-state index contributed by atoms with van der Waals surface area (Å²) < 4.78 is 36.8. The van der Waals surface area contributed by atoms with Gasteiger partial charge in [-0.2, -0.15) is 0 Å². The Labute approximate surface area is 490 Å². The summed E-state index contributed by atoms with van der Waals surface area (Å²) in [5, 5.41) is 9.35. The molecule has 0 saturated heterocycles. The zero-order chi connectivity index (χ0) is 62.5. The van der Waals surface area contributed by atoms with E-state index >= 15 is 0 Å². The van der Waals surface area contributed by atoms with E-state index in [1.807, 2.05) is 6.92 Å². The normalized spacial score (nSPS) is 10.5. The number of hydrogen-bond acceptors (Lipinski definition) is 21. The number of benzene rings is 4. The second kappa shape index (κ2) is 38.3. The highest BCUT2D eigenvalue weighted by Crippen LogP contribution is 2.27. The summed E-state index contributed by atoms with van der Waals surface area (Å²) in [7, 11) is 0. The van der Waals surface area contributed by atoms with Crippen LogP contribution in [0.2, 0.25) is 0 Å². The Morgan fingerprint density at radius 1 is 0.405 bits per heavy atom. The van der Waals surface area contributed by atoms with Crippen molar-refractivity contribution in [2.75, 3.05) is 87.6 Å². The third-order valence-electron chi connectivity index (χ3n) is 12.5. The van der Waals surface area contributed by atoms with Crippen molar-refractivity contribution in [3.8, 4) is 0 Å². The molecule has 0 bridgehead atoms. The molecular formula is C63H78N4O17. The molecule has 0 aliphatic carbocycles. The molecule has 4 rings (SSSR count). The fourth-order valence-electron chi connectivity index (χ4n) is 6.86. The maximum atomic E-state index is 12.8. The van der Waals surface area contributed by atoms with E-state index in [1.54, 1.807) is 111 Å². The predicted octanol–water partition coefficient (Wildman–Crippen LogP) is 9.14. The van der Waals surface area contributed by atoms with E-state index in [9.17, 15) is 47.9 Å². The number of rotatable bonds is 34. The SMILES string of the molecule is C=CC(=O)OCC(CC)(COC(=O)C=C)COC(=O)C=C.CC(=O)c1ccc(N)cc1.CCOC(=O)c1ccc(NCCC(=O)OCC(CC)(COC(=O)CCNc2ccc(C(C)=O)cc2)COC(=O)CCNc2ccc(C(C)=O)cc2)cc1. The van der Waals surface area contributed by atoms with Crippen LogP contribution < -0.4 is 21.7 Å². The molecule has 4 aromatic carbocycles. The largest absolute Gasteiger partial charge is 0.465 e. The van der Waals surface area contributed by atoms with Crippen LogP contribution in [0.5, 0.6) is 0 Å². The molecule has 0 saturated carbocycles. The number of ketones is 3. The van der Waals surface area contributed by atoms with Gasteiger partial charge in [0.15, 0.2) is 17.3 Å². The average Bonchev–Trinajstić information content (AvgIpc) is 3.70. The molecule has 0 unspecified atom stereocenters. The number of hydrogen-bond donors (Lipinski definition) is 4. The van der Waals surface area contributed by atoms with Gasteiger partial charge in [0.05, 0.1) is 42.3 Å². The zero-order valence-corrected chi connectivity index (χ0v) is 48.7. The van der Waals surface area contributed by atoms with Crippen LogP contribution in [-0.2, 0) is 61.9 Å². The maximum Gasteiger partial charge on any atom is 0.338 e. The Kier molecular flexibility index (Phi) is 32.3. The Bertz CT molecular complexity index is 2690. The van der Waals surface area contributed by atoms with Crippen LogP contribution >= 0.6 is 0 Å². The minimum atomic E-state index is -0.997. The molecule has 5 N–H and O–H groups in total. The van der Waals surface area contributed by atoms with Crippen molar-refractivity contribution in [1.82, 2.24) is 0 Å². The van der Waals surface area contributed by atoms with E-state index < -0.39 is 52.6 Å². The number of Topliss-reactive ketones (excluding diaryl/α,β-unsaturated/α-hetero) is 3. The molecule has 0 fully saturated rings. The predicted molar refractivity (Wildman–Crippen MR) is 317 cm³/mol. The first-order valence-electron chi connectivity index (χ1n) is 27.0. The van der Waals surface area contributed by atoms with Gasteiger partial charge in [-0.1, -0.05) is 33.6 Å². The monoisotopic (exact) mass is 1160 g/mol. The van der Waals surface area contributed by atoms with Gasteiger partial charge >= 0.3 is 41.8 Å². The highest BCUT2D eigenvalue weighted by molar-refractivity contribution is 5.95. The molecule has 0 atom stereocenters. The van der Waals surface area contributed by atoms with Gasteiger partial charge in [-0.15, -0.1) is 0 Å². The van der Waals surface area contributed by atoms with Gasteiger partial charge in [0.1, 0.15) is 39.6 Å². The van der Waals surface area contributed by atoms with Gasteiger partial charge in [0.2, 0.25) is 0 Å². The van der Waals surface area contributed by atoms with Crippen LogP contribution in [-0.4, -0.2) is 125 Å². The summed E-state index contributed by atoms with van der Waals surface area (Å²) in [4.78, 5) is 117. The van der Waals surface area contributed by atoms with Crippen LogP contribution in [0.4, 0.5) is 22.7 Å². The van der Waals surface area contributed by atoms with E-state index in [0.29, 0.717) is 46.5 Å². The van der Waals surface area contributed by atoms with Crippen molar-refractivity contribution in [1.29, 1.82) is 0 Å². The van der Waals surface area contributed by atoms with Gasteiger partial charge in [0.25, 0.3) is 0 Å². The number of esters is 7. The summed E-state index contributed by atoms with van der Waals surface area (Å²) >= 11 is 0. The lowest BCUT2D eigenvalue weighted by Crippen LogP contribution is -2.39. The summed E-state index contributed by atoms with van der Waals surface area (Å²) in [6, 6.07) is 27.4. The first-order chi connectivity index (χ1) is 40.1. The van der Waals surface area contributed by atoms with Crippen molar-refractivity contribution >= 4 is 81.9 Å². The number of ether oxygens (including phenoxy) is 7. The van der Waals surface area contributed by atoms with Gasteiger partial charge in [-0.05, 0) is 138 Å². The lowest BCUT2D eigenvalue weighted by atomic mass is 9.88. The lowest BCUT2D eigenvalue weighted by molar-refractivity contribution is -0.162. The molecule has 0 amide bonds. The Morgan fingerprint density at radius 2 is 0.667 bits per heavy atom. The van der Waals surface area contributed by atoms with Crippen molar-refractivity contribution in [3.63, 3.8) is 0 Å². The number of carbonyl (C=O) groups is 10. The third kappa shape index (κ3) is 27.9. The molecule has 0 heterocycles. The average molecular weight is 1160 g/mol. The number of carbonyl (C=O) groups excluding carboxylic acids is 10. The molecule has 84 heavy (non-hydrogen) atoms. The van der Waals surface area contributed by atoms with Crippen LogP contribution in [0.15, 0.2) is 135 Å². The highest BCUT2D eigenvalue weighted by Gasteiger charge is 2.35. The van der Waals surface area contributed by atoms with Crippen LogP contribution in [0.3, 0.4) is 0 Å². The van der Waals surface area contributed by atoms with E-state index in [2.05, 4.69) is 35.7 Å². The first-order valence-corrected chi connectivity index (χ1v) is 27.0. The second-order valence-corrected chi connectivity index (χ2v) is 18.9. The maximum absolute atomic E-state index is 12.8. The smallest absolute Gasteiger partial charge is 0.338 e. The summed E-state index contributed by atoms with van der Waals surface area (Å²) in [6.07, 6.45) is 3.99. The molecule has 0 spiro atoms. The standard InChI is InChI=1S/C40H49N3O10.C15H20O6.C8H9NO/c1-5-40(25-51-36(46)19-22-41-33-13-7-30(8-14-33)28(3)44,26-52-37(47)20-23-42-34-15-9-31(10-16-34)29(4)45)27-53-38(48)21-24-43-35-17-11-32(12-18-35)39(49)50-6-2;1-5-12(16)19-9-15(8-4,10-20-13(17)6-2)11-21-14(18)7-3;1-6(10)7-2-4-8(9)5-3-7/h7-18,41-43H,5-6,19-27H2,1-4H3;5-7H,1-3,8-11H2,4H3;2-5H,9H2,1H3. The Hall–Kier alpha value is -9.40. The number of nitrogen functional groups attached to an aromatic ring is 1. The molecule has 452 valence electrons. The fraction of sp³-hybridized carbons (Fsp3) is 0.365. The third-order valence-corrected chi connectivity index (χ3v) is 12.5. The minimum Gasteiger partial charge on any atom is -0.465 e. The molecule has 0 aliphatic heterocycles. The van der Waals surface area contributed by atoms with Crippen molar-refractivity contribution in [2.45, 2.75) is 73.6 Å². The molecule has 4 aromatic rings. The Balaban J connectivity index is 0.000000631. The molecule has 0 aromatic heterocycles. The van der Waals surface area contributed by atoms with Crippen LogP contribution in [0.25, 0.3) is 0 Å². The van der Waals surface area contributed by atoms with Gasteiger partial charge < -0.3 is 54.8 Å². The van der Waals surface area contributed by atoms with E-state index in [0.717, 1.165) is 29.6 Å². The van der Waals surface area contributed by atoms with Crippen LogP contribution in [0, 0.1) is 10.8 Å². The van der Waals surface area contributed by atoms with Crippen molar-refractivity contribution < 1.29 is 81.1 Å². The zero-order valence-electron chi connectivity index (χ0n) is 48.7. The van der Waals surface area contributed by atoms with Crippen molar-refractivity contribution in [3.05, 3.63) is 157 Å². The van der Waals surface area contributed by atoms with Gasteiger partial charge in [-0.3, -0.25) is 28.8 Å².